The molecule has 4 aromatic rings. The molecule has 230 valence electrons. The van der Waals surface area contributed by atoms with Crippen LogP contribution in [0.4, 0.5) is 5.69 Å². The van der Waals surface area contributed by atoms with Gasteiger partial charge in [-0.15, -0.1) is 0 Å². The number of anilines is 1. The lowest BCUT2D eigenvalue weighted by Gasteiger charge is -2.35. The van der Waals surface area contributed by atoms with Crippen LogP contribution in [0.2, 0.25) is 0 Å². The third kappa shape index (κ3) is 9.03. The van der Waals surface area contributed by atoms with Crippen molar-refractivity contribution in [3.8, 4) is 0 Å². The molecule has 10 heteroatoms. The predicted octanol–water partition coefficient (Wildman–Crippen LogP) is 6.96. The first kappa shape index (κ1) is 33.4. The van der Waals surface area contributed by atoms with Crippen LogP contribution in [0.5, 0.6) is 0 Å². The van der Waals surface area contributed by atoms with E-state index in [1.807, 2.05) is 75.4 Å². The number of carbonyl (C=O) groups excluding carboxylic acids is 2. The predicted molar refractivity (Wildman–Crippen MR) is 182 cm³/mol. The zero-order valence-electron chi connectivity index (χ0n) is 24.8. The first-order valence-corrected chi connectivity index (χ1v) is 17.1. The van der Waals surface area contributed by atoms with Crippen molar-refractivity contribution in [3.05, 3.63) is 129 Å². The molecule has 0 heterocycles. The van der Waals surface area contributed by atoms with Crippen LogP contribution in [0, 0.1) is 0 Å². The Kier molecular flexibility index (Phi) is 11.0. The molecule has 2 amide bonds. The van der Waals surface area contributed by atoms with E-state index in [4.69, 9.17) is 0 Å². The molecule has 4 aromatic carbocycles. The van der Waals surface area contributed by atoms with Gasteiger partial charge >= 0.3 is 0 Å². The summed E-state index contributed by atoms with van der Waals surface area (Å²) < 4.78 is 30.8. The molecule has 0 radical (unpaired) electrons. The molecule has 1 atom stereocenters. The Morgan fingerprint density at radius 3 is 1.82 bits per heavy atom. The number of hydrogen-bond donors (Lipinski definition) is 1. The van der Waals surface area contributed by atoms with E-state index in [1.54, 1.807) is 42.5 Å². The maximum absolute atomic E-state index is 14.5. The molecule has 0 aliphatic heterocycles. The van der Waals surface area contributed by atoms with Crippen molar-refractivity contribution in [1.82, 2.24) is 10.2 Å². The largest absolute Gasteiger partial charge is 0.350 e. The molecule has 44 heavy (non-hydrogen) atoms. The van der Waals surface area contributed by atoms with E-state index >= 15 is 0 Å². The molecule has 4 rings (SSSR count). The minimum Gasteiger partial charge on any atom is -0.350 e. The standard InChI is InChI=1S/C34H35Br2N3O4S/c1-34(2,3)37-33(41)31(22-25-10-6-4-7-11-25)38(23-26-14-16-27(35)17-15-26)32(40)24-39(29-20-18-28(36)19-21-29)44(42,43)30-12-8-5-9-13-30/h4-21,31H,22-24H2,1-3H3,(H,37,41)/t31-/m0/s1. The van der Waals surface area contributed by atoms with Crippen molar-refractivity contribution >= 4 is 59.4 Å². The molecule has 0 bridgehead atoms. The number of halogens is 2. The van der Waals surface area contributed by atoms with Crippen LogP contribution in [-0.4, -0.2) is 43.3 Å². The Labute approximate surface area is 276 Å². The summed E-state index contributed by atoms with van der Waals surface area (Å²) in [6.07, 6.45) is 0.245. The minimum atomic E-state index is -4.14. The van der Waals surface area contributed by atoms with Crippen LogP contribution in [0.1, 0.15) is 31.9 Å². The highest BCUT2D eigenvalue weighted by molar-refractivity contribution is 9.10. The molecular formula is C34H35Br2N3O4S. The number of nitrogens with zero attached hydrogens (tertiary/aromatic N) is 2. The average Bonchev–Trinajstić information content (AvgIpc) is 2.99. The fourth-order valence-electron chi connectivity index (χ4n) is 4.65. The normalized spacial score (nSPS) is 12.3. The Morgan fingerprint density at radius 2 is 1.27 bits per heavy atom. The van der Waals surface area contributed by atoms with Crippen molar-refractivity contribution in [3.63, 3.8) is 0 Å². The molecule has 0 unspecified atom stereocenters. The van der Waals surface area contributed by atoms with Gasteiger partial charge in [0.15, 0.2) is 0 Å². The second-order valence-corrected chi connectivity index (χ2v) is 15.1. The van der Waals surface area contributed by atoms with E-state index in [1.165, 1.54) is 17.0 Å². The molecule has 0 aliphatic rings. The van der Waals surface area contributed by atoms with Crippen LogP contribution in [0.25, 0.3) is 0 Å². The van der Waals surface area contributed by atoms with Crippen molar-refractivity contribution in [2.24, 2.45) is 0 Å². The van der Waals surface area contributed by atoms with Gasteiger partial charge in [0, 0.05) is 27.4 Å². The number of rotatable bonds is 11. The highest BCUT2D eigenvalue weighted by atomic mass is 79.9. The van der Waals surface area contributed by atoms with Crippen LogP contribution in [0.3, 0.4) is 0 Å². The summed E-state index contributed by atoms with van der Waals surface area (Å²) in [6, 6.07) is 30.8. The maximum atomic E-state index is 14.5. The van der Waals surface area contributed by atoms with Gasteiger partial charge in [0.1, 0.15) is 12.6 Å². The summed E-state index contributed by atoms with van der Waals surface area (Å²) in [5.41, 5.74) is 1.44. The quantitative estimate of drug-likeness (QED) is 0.180. The van der Waals surface area contributed by atoms with Gasteiger partial charge in [-0.3, -0.25) is 13.9 Å². The summed E-state index contributed by atoms with van der Waals surface area (Å²) in [5.74, 6) is -0.840. The van der Waals surface area contributed by atoms with Crippen molar-refractivity contribution in [2.75, 3.05) is 10.8 Å². The van der Waals surface area contributed by atoms with Crippen LogP contribution < -0.4 is 9.62 Å². The third-order valence-corrected chi connectivity index (χ3v) is 9.61. The molecule has 0 saturated carbocycles. The summed E-state index contributed by atoms with van der Waals surface area (Å²) in [5, 5.41) is 3.04. The van der Waals surface area contributed by atoms with Crippen molar-refractivity contribution in [2.45, 2.75) is 50.2 Å². The van der Waals surface area contributed by atoms with E-state index in [0.717, 1.165) is 24.4 Å². The molecular weight excluding hydrogens is 706 g/mol. The highest BCUT2D eigenvalue weighted by Gasteiger charge is 2.35. The Morgan fingerprint density at radius 1 is 0.750 bits per heavy atom. The number of carbonyl (C=O) groups is 2. The molecule has 0 aromatic heterocycles. The highest BCUT2D eigenvalue weighted by Crippen LogP contribution is 2.27. The smallest absolute Gasteiger partial charge is 0.264 e. The zero-order valence-corrected chi connectivity index (χ0v) is 28.8. The van der Waals surface area contributed by atoms with E-state index in [-0.39, 0.29) is 23.8 Å². The van der Waals surface area contributed by atoms with Crippen LogP contribution in [-0.2, 0) is 32.6 Å². The van der Waals surface area contributed by atoms with Crippen molar-refractivity contribution < 1.29 is 18.0 Å². The van der Waals surface area contributed by atoms with Crippen LogP contribution >= 0.6 is 31.9 Å². The lowest BCUT2D eigenvalue weighted by Crippen LogP contribution is -2.56. The Hall–Kier alpha value is -3.47. The van der Waals surface area contributed by atoms with Gasteiger partial charge in [0.25, 0.3) is 10.0 Å². The van der Waals surface area contributed by atoms with Gasteiger partial charge in [-0.1, -0.05) is 92.5 Å². The lowest BCUT2D eigenvalue weighted by molar-refractivity contribution is -0.140. The molecule has 0 fully saturated rings. The summed E-state index contributed by atoms with van der Waals surface area (Å²) in [7, 11) is -4.14. The Bertz CT molecular complexity index is 1660. The summed E-state index contributed by atoms with van der Waals surface area (Å²) in [6.45, 7) is 5.23. The van der Waals surface area contributed by atoms with Gasteiger partial charge in [0.2, 0.25) is 11.8 Å². The SMILES string of the molecule is CC(C)(C)NC(=O)[C@H](Cc1ccccc1)N(Cc1ccc(Br)cc1)C(=O)CN(c1ccc(Br)cc1)S(=O)(=O)c1ccccc1. The third-order valence-electron chi connectivity index (χ3n) is 6.76. The van der Waals surface area contributed by atoms with Gasteiger partial charge in [-0.25, -0.2) is 8.42 Å². The first-order valence-electron chi connectivity index (χ1n) is 14.1. The van der Waals surface area contributed by atoms with Gasteiger partial charge in [0.05, 0.1) is 10.6 Å². The van der Waals surface area contributed by atoms with Gasteiger partial charge in [-0.05, 0) is 80.4 Å². The fraction of sp³-hybridized carbons (Fsp3) is 0.235. The first-order chi connectivity index (χ1) is 20.8. The summed E-state index contributed by atoms with van der Waals surface area (Å²) >= 11 is 6.86. The van der Waals surface area contributed by atoms with E-state index < -0.39 is 34.1 Å². The number of benzene rings is 4. The molecule has 0 spiro atoms. The second kappa shape index (κ2) is 14.5. The lowest BCUT2D eigenvalue weighted by atomic mass is 10.0. The van der Waals surface area contributed by atoms with E-state index in [9.17, 15) is 18.0 Å². The number of hydrogen-bond acceptors (Lipinski definition) is 4. The number of amides is 2. The molecule has 1 N–H and O–H groups in total. The van der Waals surface area contributed by atoms with E-state index in [0.29, 0.717) is 5.69 Å². The topological polar surface area (TPSA) is 86.8 Å². The fourth-order valence-corrected chi connectivity index (χ4v) is 6.61. The van der Waals surface area contributed by atoms with Crippen LogP contribution in [0.15, 0.2) is 123 Å². The minimum absolute atomic E-state index is 0.0569. The van der Waals surface area contributed by atoms with Gasteiger partial charge in [-0.2, -0.15) is 0 Å². The Balaban J connectivity index is 1.80. The second-order valence-electron chi connectivity index (χ2n) is 11.4. The molecule has 0 aliphatic carbocycles. The zero-order chi connectivity index (χ0) is 31.9. The molecule has 0 saturated heterocycles. The van der Waals surface area contributed by atoms with Gasteiger partial charge < -0.3 is 10.2 Å². The van der Waals surface area contributed by atoms with Crippen molar-refractivity contribution in [1.29, 1.82) is 0 Å². The maximum Gasteiger partial charge on any atom is 0.264 e. The average molecular weight is 742 g/mol. The molecule has 7 nitrogen and oxygen atoms in total. The number of sulfonamides is 1. The van der Waals surface area contributed by atoms with E-state index in [2.05, 4.69) is 37.2 Å². The monoisotopic (exact) mass is 739 g/mol. The summed E-state index contributed by atoms with van der Waals surface area (Å²) in [4.78, 5) is 29.9. The number of nitrogens with one attached hydrogen (secondary N) is 1.